The van der Waals surface area contributed by atoms with Crippen molar-refractivity contribution in [2.75, 3.05) is 19.9 Å². The van der Waals surface area contributed by atoms with Crippen LogP contribution in [0.1, 0.15) is 19.4 Å². The molecule has 1 aromatic rings. The second-order valence-electron chi connectivity index (χ2n) is 4.98. The summed E-state index contributed by atoms with van der Waals surface area (Å²) in [5.74, 6) is 0.316. The fourth-order valence-electron chi connectivity index (χ4n) is 1.48. The molecule has 0 aliphatic rings. The first-order valence-corrected chi connectivity index (χ1v) is 8.88. The second kappa shape index (κ2) is 6.80. The molecule has 0 unspecified atom stereocenters. The van der Waals surface area contributed by atoms with Gasteiger partial charge in [-0.3, -0.25) is 0 Å². The fraction of sp³-hybridized carbons (Fsp3) is 0.538. The third-order valence-electron chi connectivity index (χ3n) is 2.99. The average molecular weight is 318 g/mol. The van der Waals surface area contributed by atoms with Gasteiger partial charge in [0.05, 0.1) is 7.11 Å². The van der Waals surface area contributed by atoms with Crippen molar-refractivity contribution < 1.29 is 13.2 Å². The van der Waals surface area contributed by atoms with Crippen molar-refractivity contribution in [1.29, 1.82) is 0 Å². The summed E-state index contributed by atoms with van der Waals surface area (Å²) < 4.78 is 32.4. The zero-order valence-corrected chi connectivity index (χ0v) is 13.9. The molecule has 0 saturated carbocycles. The Morgan fingerprint density at radius 3 is 2.55 bits per heavy atom. The van der Waals surface area contributed by atoms with Crippen LogP contribution in [0.15, 0.2) is 23.1 Å². The quantitative estimate of drug-likeness (QED) is 0.797. The first-order chi connectivity index (χ1) is 9.25. The molecule has 0 heterocycles. The van der Waals surface area contributed by atoms with Gasteiger partial charge >= 0.3 is 0 Å². The number of methoxy groups -OCH3 is 1. The molecule has 0 atom stereocenters. The van der Waals surface area contributed by atoms with Crippen molar-refractivity contribution in [2.24, 2.45) is 5.73 Å². The molecule has 0 fully saturated rings. The van der Waals surface area contributed by atoms with Gasteiger partial charge in [-0.2, -0.15) is 11.8 Å². The maximum atomic E-state index is 12.4. The Hall–Kier alpha value is -0.760. The summed E-state index contributed by atoms with van der Waals surface area (Å²) in [6.07, 6.45) is 1.95. The minimum atomic E-state index is -3.62. The molecule has 0 aliphatic carbocycles. The van der Waals surface area contributed by atoms with Gasteiger partial charge in [-0.25, -0.2) is 13.1 Å². The number of benzene rings is 1. The molecule has 0 aliphatic heterocycles. The summed E-state index contributed by atoms with van der Waals surface area (Å²) in [5, 5.41) is 0. The molecule has 0 spiro atoms. The van der Waals surface area contributed by atoms with E-state index in [2.05, 4.69) is 4.72 Å². The van der Waals surface area contributed by atoms with Gasteiger partial charge in [0, 0.05) is 17.8 Å². The van der Waals surface area contributed by atoms with E-state index < -0.39 is 10.0 Å². The number of hydrogen-bond acceptors (Lipinski definition) is 5. The number of sulfonamides is 1. The Labute approximate surface area is 125 Å². The van der Waals surface area contributed by atoms with Crippen molar-refractivity contribution >= 4 is 21.8 Å². The van der Waals surface area contributed by atoms with Crippen LogP contribution in [0.4, 0.5) is 0 Å². The van der Waals surface area contributed by atoms with Crippen molar-refractivity contribution in [3.05, 3.63) is 23.8 Å². The Morgan fingerprint density at radius 2 is 2.05 bits per heavy atom. The fourth-order valence-corrected chi connectivity index (χ4v) is 3.21. The van der Waals surface area contributed by atoms with Crippen LogP contribution in [0.25, 0.3) is 0 Å². The van der Waals surface area contributed by atoms with E-state index in [0.29, 0.717) is 12.3 Å². The summed E-state index contributed by atoms with van der Waals surface area (Å²) in [6, 6.07) is 4.92. The number of nitrogens with two attached hydrogens (primary N) is 1. The van der Waals surface area contributed by atoms with E-state index >= 15 is 0 Å². The van der Waals surface area contributed by atoms with Crippen LogP contribution in [-0.4, -0.2) is 33.1 Å². The smallest absolute Gasteiger partial charge is 0.244 e. The van der Waals surface area contributed by atoms with Gasteiger partial charge in [0.25, 0.3) is 0 Å². The van der Waals surface area contributed by atoms with E-state index in [1.165, 1.54) is 7.11 Å². The Kier molecular flexibility index (Phi) is 5.88. The summed E-state index contributed by atoms with van der Waals surface area (Å²) in [7, 11) is -2.18. The highest BCUT2D eigenvalue weighted by atomic mass is 32.2. The summed E-state index contributed by atoms with van der Waals surface area (Å²) >= 11 is 1.60. The lowest BCUT2D eigenvalue weighted by Crippen LogP contribution is -2.36. The third-order valence-corrected chi connectivity index (χ3v) is 5.67. The van der Waals surface area contributed by atoms with Gasteiger partial charge in [-0.05, 0) is 37.8 Å². The predicted octanol–water partition coefficient (Wildman–Crippen LogP) is 1.57. The molecular formula is C13H22N2O3S2. The van der Waals surface area contributed by atoms with E-state index in [0.717, 1.165) is 5.56 Å². The maximum absolute atomic E-state index is 12.4. The minimum absolute atomic E-state index is 0.125. The van der Waals surface area contributed by atoms with Crippen LogP contribution in [0, 0.1) is 0 Å². The Morgan fingerprint density at radius 1 is 1.40 bits per heavy atom. The van der Waals surface area contributed by atoms with Crippen LogP contribution in [0.2, 0.25) is 0 Å². The molecule has 0 amide bonds. The van der Waals surface area contributed by atoms with Crippen LogP contribution in [0.5, 0.6) is 5.75 Å². The highest BCUT2D eigenvalue weighted by Crippen LogP contribution is 2.26. The molecular weight excluding hydrogens is 296 g/mol. The number of rotatable bonds is 7. The lowest BCUT2D eigenvalue weighted by atomic mass is 10.2. The van der Waals surface area contributed by atoms with Crippen molar-refractivity contribution in [1.82, 2.24) is 4.72 Å². The first-order valence-electron chi connectivity index (χ1n) is 6.17. The SMILES string of the molecule is COc1ccc(CN)cc1S(=O)(=O)NCC(C)(C)SC. The zero-order valence-electron chi connectivity index (χ0n) is 12.3. The van der Waals surface area contributed by atoms with Gasteiger partial charge in [-0.1, -0.05) is 6.07 Å². The van der Waals surface area contributed by atoms with Crippen LogP contribution < -0.4 is 15.2 Å². The molecule has 0 radical (unpaired) electrons. The summed E-state index contributed by atoms with van der Waals surface area (Å²) in [5.41, 5.74) is 6.30. The van der Waals surface area contributed by atoms with E-state index in [1.807, 2.05) is 20.1 Å². The molecule has 20 heavy (non-hydrogen) atoms. The normalized spacial score (nSPS) is 12.4. The highest BCUT2D eigenvalue weighted by molar-refractivity contribution is 8.00. The van der Waals surface area contributed by atoms with Crippen LogP contribution in [0.3, 0.4) is 0 Å². The molecule has 7 heteroatoms. The molecule has 1 aromatic carbocycles. The molecule has 0 aromatic heterocycles. The topological polar surface area (TPSA) is 81.4 Å². The zero-order chi connectivity index (χ0) is 15.4. The largest absolute Gasteiger partial charge is 0.495 e. The average Bonchev–Trinajstić information content (AvgIpc) is 2.44. The third kappa shape index (κ3) is 4.37. The van der Waals surface area contributed by atoms with Crippen LogP contribution >= 0.6 is 11.8 Å². The second-order valence-corrected chi connectivity index (χ2v) is 8.23. The maximum Gasteiger partial charge on any atom is 0.244 e. The molecule has 5 nitrogen and oxygen atoms in total. The first kappa shape index (κ1) is 17.3. The van der Waals surface area contributed by atoms with Crippen molar-refractivity contribution in [2.45, 2.75) is 30.0 Å². The number of nitrogens with one attached hydrogen (secondary N) is 1. The number of ether oxygens (including phenoxy) is 1. The van der Waals surface area contributed by atoms with Gasteiger partial charge in [0.1, 0.15) is 10.6 Å². The summed E-state index contributed by atoms with van der Waals surface area (Å²) in [6.45, 7) is 4.58. The Bertz CT molecular complexity index is 557. The monoisotopic (exact) mass is 318 g/mol. The molecule has 3 N–H and O–H groups in total. The number of thioether (sulfide) groups is 1. The van der Waals surface area contributed by atoms with E-state index in [1.54, 1.807) is 30.0 Å². The standard InChI is InChI=1S/C13H22N2O3S2/c1-13(2,19-4)9-15-20(16,17)12-7-10(8-14)5-6-11(12)18-3/h5-7,15H,8-9,14H2,1-4H3. The lowest BCUT2D eigenvalue weighted by Gasteiger charge is -2.22. The number of hydrogen-bond donors (Lipinski definition) is 2. The van der Waals surface area contributed by atoms with Gasteiger partial charge in [0.15, 0.2) is 0 Å². The molecule has 1 rings (SSSR count). The van der Waals surface area contributed by atoms with E-state index in [9.17, 15) is 8.42 Å². The molecule has 0 saturated heterocycles. The molecule has 114 valence electrons. The highest BCUT2D eigenvalue weighted by Gasteiger charge is 2.24. The van der Waals surface area contributed by atoms with Gasteiger partial charge in [0.2, 0.25) is 10.0 Å². The Balaban J connectivity index is 3.08. The van der Waals surface area contributed by atoms with E-state index in [-0.39, 0.29) is 16.2 Å². The minimum Gasteiger partial charge on any atom is -0.495 e. The summed E-state index contributed by atoms with van der Waals surface area (Å²) in [4.78, 5) is 0.125. The molecule has 0 bridgehead atoms. The van der Waals surface area contributed by atoms with Gasteiger partial charge in [-0.15, -0.1) is 0 Å². The lowest BCUT2D eigenvalue weighted by molar-refractivity contribution is 0.402. The van der Waals surface area contributed by atoms with E-state index in [4.69, 9.17) is 10.5 Å². The predicted molar refractivity (Wildman–Crippen MR) is 83.7 cm³/mol. The van der Waals surface area contributed by atoms with Crippen molar-refractivity contribution in [3.8, 4) is 5.75 Å². The van der Waals surface area contributed by atoms with Gasteiger partial charge < -0.3 is 10.5 Å². The van der Waals surface area contributed by atoms with Crippen LogP contribution in [-0.2, 0) is 16.6 Å². The van der Waals surface area contributed by atoms with Crippen molar-refractivity contribution in [3.63, 3.8) is 0 Å².